The van der Waals surface area contributed by atoms with Crippen LogP contribution in [0.1, 0.15) is 30.8 Å². The average molecular weight is 275 g/mol. The summed E-state index contributed by atoms with van der Waals surface area (Å²) in [6, 6.07) is 0. The highest BCUT2D eigenvalue weighted by molar-refractivity contribution is 5.50. The highest BCUT2D eigenvalue weighted by Gasteiger charge is 2.16. The molecule has 0 radical (unpaired) electrons. The number of nitrogens with one attached hydrogen (secondary N) is 1. The van der Waals surface area contributed by atoms with E-state index in [4.69, 9.17) is 4.74 Å². The minimum Gasteiger partial charge on any atom is -0.435 e. The molecule has 108 valence electrons. The van der Waals surface area contributed by atoms with Gasteiger partial charge in [0, 0.05) is 13.6 Å². The molecule has 2 aromatic rings. The van der Waals surface area contributed by atoms with Gasteiger partial charge in [0.05, 0.1) is 11.3 Å². The van der Waals surface area contributed by atoms with E-state index in [2.05, 4.69) is 27.3 Å². The molecule has 0 aliphatic heterocycles. The normalized spacial score (nSPS) is 10.7. The van der Waals surface area contributed by atoms with Gasteiger partial charge in [-0.15, -0.1) is 0 Å². The molecular formula is C14H21N5O. The number of hydrogen-bond acceptors (Lipinski definition) is 5. The molecule has 0 unspecified atom stereocenters. The molecule has 2 heterocycles. The van der Waals surface area contributed by atoms with Gasteiger partial charge in [0.1, 0.15) is 17.8 Å². The number of aromatic nitrogens is 4. The van der Waals surface area contributed by atoms with Crippen LogP contribution in [0.4, 0.5) is 5.82 Å². The van der Waals surface area contributed by atoms with Gasteiger partial charge in [-0.1, -0.05) is 6.92 Å². The summed E-state index contributed by atoms with van der Waals surface area (Å²) in [5.41, 5.74) is 2.82. The lowest BCUT2D eigenvalue weighted by Gasteiger charge is -2.12. The lowest BCUT2D eigenvalue weighted by molar-refractivity contribution is 0.448. The van der Waals surface area contributed by atoms with Gasteiger partial charge < -0.3 is 10.1 Å². The molecule has 0 bridgehead atoms. The molecule has 6 heteroatoms. The van der Waals surface area contributed by atoms with Gasteiger partial charge >= 0.3 is 0 Å². The molecule has 0 amide bonds. The Balaban J connectivity index is 2.40. The third kappa shape index (κ3) is 2.59. The molecule has 0 atom stereocenters. The molecule has 0 fully saturated rings. The molecule has 6 nitrogen and oxygen atoms in total. The van der Waals surface area contributed by atoms with E-state index >= 15 is 0 Å². The number of hydrogen-bond donors (Lipinski definition) is 1. The van der Waals surface area contributed by atoms with Gasteiger partial charge in [-0.05, 0) is 27.2 Å². The Kier molecular flexibility index (Phi) is 4.22. The average Bonchev–Trinajstić information content (AvgIpc) is 2.66. The third-order valence-electron chi connectivity index (χ3n) is 3.24. The summed E-state index contributed by atoms with van der Waals surface area (Å²) >= 11 is 0. The van der Waals surface area contributed by atoms with Crippen molar-refractivity contribution in [2.24, 2.45) is 7.05 Å². The van der Waals surface area contributed by atoms with E-state index in [-0.39, 0.29) is 0 Å². The fraction of sp³-hybridized carbons (Fsp3) is 0.500. The van der Waals surface area contributed by atoms with Crippen LogP contribution >= 0.6 is 0 Å². The van der Waals surface area contributed by atoms with E-state index in [0.717, 1.165) is 41.5 Å². The summed E-state index contributed by atoms with van der Waals surface area (Å²) in [6.45, 7) is 8.83. The van der Waals surface area contributed by atoms with Crippen molar-refractivity contribution in [3.8, 4) is 11.6 Å². The van der Waals surface area contributed by atoms with Crippen LogP contribution in [-0.4, -0.2) is 26.3 Å². The Morgan fingerprint density at radius 3 is 2.55 bits per heavy atom. The maximum absolute atomic E-state index is 6.00. The van der Waals surface area contributed by atoms with Crippen molar-refractivity contribution in [3.05, 3.63) is 23.3 Å². The molecule has 2 rings (SSSR count). The predicted molar refractivity (Wildman–Crippen MR) is 78.3 cm³/mol. The molecule has 0 saturated heterocycles. The number of ether oxygens (including phenoxy) is 1. The monoisotopic (exact) mass is 275 g/mol. The number of anilines is 1. The summed E-state index contributed by atoms with van der Waals surface area (Å²) in [7, 11) is 1.90. The summed E-state index contributed by atoms with van der Waals surface area (Å²) in [5.74, 6) is 2.19. The smallest absolute Gasteiger partial charge is 0.227 e. The highest BCUT2D eigenvalue weighted by atomic mass is 16.5. The second kappa shape index (κ2) is 5.90. The third-order valence-corrected chi connectivity index (χ3v) is 3.24. The van der Waals surface area contributed by atoms with Gasteiger partial charge in [-0.2, -0.15) is 5.10 Å². The Morgan fingerprint density at radius 2 is 2.00 bits per heavy atom. The first-order valence-corrected chi connectivity index (χ1v) is 6.84. The van der Waals surface area contributed by atoms with Crippen LogP contribution in [-0.2, 0) is 13.5 Å². The number of nitrogens with zero attached hydrogens (tertiary/aromatic N) is 4. The maximum Gasteiger partial charge on any atom is 0.227 e. The molecule has 0 aliphatic carbocycles. The molecule has 1 N–H and O–H groups in total. The van der Waals surface area contributed by atoms with E-state index in [1.807, 2.05) is 32.5 Å². The first kappa shape index (κ1) is 14.3. The molecule has 2 aromatic heterocycles. The van der Waals surface area contributed by atoms with E-state index in [9.17, 15) is 0 Å². The van der Waals surface area contributed by atoms with Crippen LogP contribution in [0.3, 0.4) is 0 Å². The lowest BCUT2D eigenvalue weighted by Crippen LogP contribution is -2.06. The maximum atomic E-state index is 6.00. The first-order valence-electron chi connectivity index (χ1n) is 6.84. The van der Waals surface area contributed by atoms with Crippen LogP contribution in [0.5, 0.6) is 11.6 Å². The van der Waals surface area contributed by atoms with E-state index in [0.29, 0.717) is 5.88 Å². The Labute approximate surface area is 119 Å². The fourth-order valence-electron chi connectivity index (χ4n) is 2.12. The Hall–Kier alpha value is -2.11. The summed E-state index contributed by atoms with van der Waals surface area (Å²) in [4.78, 5) is 8.54. The van der Waals surface area contributed by atoms with E-state index < -0.39 is 0 Å². The second-order valence-corrected chi connectivity index (χ2v) is 4.62. The minimum atomic E-state index is 0.595. The van der Waals surface area contributed by atoms with Crippen molar-refractivity contribution in [1.82, 2.24) is 19.7 Å². The summed E-state index contributed by atoms with van der Waals surface area (Å²) in [5, 5.41) is 7.59. The Morgan fingerprint density at radius 1 is 1.25 bits per heavy atom. The molecule has 0 saturated carbocycles. The zero-order valence-electron chi connectivity index (χ0n) is 12.7. The number of rotatable bonds is 5. The largest absolute Gasteiger partial charge is 0.435 e. The second-order valence-electron chi connectivity index (χ2n) is 4.62. The quantitative estimate of drug-likeness (QED) is 0.908. The molecule has 0 aromatic carbocycles. The SMILES string of the molecule is CCNc1ncnc(Oc2c(C)nn(C)c2C)c1CC. The molecule has 0 spiro atoms. The molecular weight excluding hydrogens is 254 g/mol. The summed E-state index contributed by atoms with van der Waals surface area (Å²) in [6.07, 6.45) is 2.32. The van der Waals surface area contributed by atoms with Gasteiger partial charge in [-0.3, -0.25) is 4.68 Å². The van der Waals surface area contributed by atoms with Crippen LogP contribution < -0.4 is 10.1 Å². The minimum absolute atomic E-state index is 0.595. The van der Waals surface area contributed by atoms with Crippen LogP contribution in [0.2, 0.25) is 0 Å². The van der Waals surface area contributed by atoms with Gasteiger partial charge in [-0.25, -0.2) is 9.97 Å². The number of aryl methyl sites for hydroxylation is 2. The van der Waals surface area contributed by atoms with Crippen molar-refractivity contribution in [2.75, 3.05) is 11.9 Å². The van der Waals surface area contributed by atoms with Gasteiger partial charge in [0.15, 0.2) is 5.75 Å². The highest BCUT2D eigenvalue weighted by Crippen LogP contribution is 2.31. The van der Waals surface area contributed by atoms with Crippen molar-refractivity contribution < 1.29 is 4.74 Å². The van der Waals surface area contributed by atoms with Crippen molar-refractivity contribution >= 4 is 5.82 Å². The van der Waals surface area contributed by atoms with Crippen LogP contribution in [0, 0.1) is 13.8 Å². The Bertz CT molecular complexity index is 606. The zero-order valence-corrected chi connectivity index (χ0v) is 12.7. The van der Waals surface area contributed by atoms with Crippen molar-refractivity contribution in [3.63, 3.8) is 0 Å². The van der Waals surface area contributed by atoms with Crippen LogP contribution in [0.25, 0.3) is 0 Å². The lowest BCUT2D eigenvalue weighted by atomic mass is 10.2. The van der Waals surface area contributed by atoms with Gasteiger partial charge in [0.2, 0.25) is 5.88 Å². The predicted octanol–water partition coefficient (Wildman–Crippen LogP) is 2.61. The van der Waals surface area contributed by atoms with Crippen molar-refractivity contribution in [2.45, 2.75) is 34.1 Å². The molecule has 0 aliphatic rings. The molecule has 20 heavy (non-hydrogen) atoms. The topological polar surface area (TPSA) is 64.9 Å². The summed E-state index contributed by atoms with van der Waals surface area (Å²) < 4.78 is 7.80. The van der Waals surface area contributed by atoms with Gasteiger partial charge in [0.25, 0.3) is 0 Å². The first-order chi connectivity index (χ1) is 9.58. The van der Waals surface area contributed by atoms with Crippen LogP contribution in [0.15, 0.2) is 6.33 Å². The van der Waals surface area contributed by atoms with E-state index in [1.54, 1.807) is 0 Å². The zero-order chi connectivity index (χ0) is 14.7. The van der Waals surface area contributed by atoms with E-state index in [1.165, 1.54) is 6.33 Å². The standard InChI is InChI=1S/C14H21N5O/c1-6-11-13(15-7-2)16-8-17-14(11)20-12-9(3)18-19(5)10(12)4/h8H,6-7H2,1-5H3,(H,15,16,17). The van der Waals surface area contributed by atoms with Crippen molar-refractivity contribution in [1.29, 1.82) is 0 Å². The fourth-order valence-corrected chi connectivity index (χ4v) is 2.12.